The van der Waals surface area contributed by atoms with Gasteiger partial charge in [0.25, 0.3) is 0 Å². The van der Waals surface area contributed by atoms with Crippen LogP contribution in [0.3, 0.4) is 0 Å². The first-order valence-corrected chi connectivity index (χ1v) is 6.89. The predicted molar refractivity (Wildman–Crippen MR) is 73.7 cm³/mol. The van der Waals surface area contributed by atoms with Crippen LogP contribution in [0.5, 0.6) is 0 Å². The Morgan fingerprint density at radius 2 is 2.11 bits per heavy atom. The number of thiazole rings is 1. The van der Waals surface area contributed by atoms with E-state index >= 15 is 0 Å². The van der Waals surface area contributed by atoms with E-state index in [0.717, 1.165) is 10.6 Å². The number of aromatic nitrogens is 1. The van der Waals surface area contributed by atoms with Gasteiger partial charge < -0.3 is 5.32 Å². The van der Waals surface area contributed by atoms with Crippen LogP contribution < -0.4 is 5.32 Å². The summed E-state index contributed by atoms with van der Waals surface area (Å²) in [5.41, 5.74) is 0.794. The van der Waals surface area contributed by atoms with Crippen molar-refractivity contribution in [3.05, 3.63) is 52.5 Å². The van der Waals surface area contributed by atoms with Crippen LogP contribution in [0.1, 0.15) is 28.9 Å². The largest absolute Gasteiger partial charge is 0.346 e. The maximum Gasteiger partial charge on any atom is 0.243 e. The number of rotatable bonds is 4. The van der Waals surface area contributed by atoms with Gasteiger partial charge in [-0.15, -0.1) is 22.9 Å². The Balaban J connectivity index is 2.00. The van der Waals surface area contributed by atoms with Crippen LogP contribution in [-0.2, 0) is 4.79 Å². The van der Waals surface area contributed by atoms with E-state index in [9.17, 15) is 4.79 Å². The highest BCUT2D eigenvalue weighted by atomic mass is 35.5. The number of carbonyl (C=O) groups excluding carboxylic acids is 1. The molecule has 1 N–H and O–H groups in total. The number of hydrogen-bond donors (Lipinski definition) is 1. The van der Waals surface area contributed by atoms with E-state index in [4.69, 9.17) is 11.6 Å². The van der Waals surface area contributed by atoms with Crippen molar-refractivity contribution in [2.75, 3.05) is 0 Å². The molecule has 2 rings (SSSR count). The molecule has 0 spiro atoms. The smallest absolute Gasteiger partial charge is 0.243 e. The molecular formula is C13H13ClN2OS. The molecule has 0 aliphatic carbocycles. The quantitative estimate of drug-likeness (QED) is 0.873. The highest BCUT2D eigenvalue weighted by Crippen LogP contribution is 2.22. The van der Waals surface area contributed by atoms with Crippen LogP contribution in [0.4, 0.5) is 0 Å². The molecule has 0 fully saturated rings. The van der Waals surface area contributed by atoms with Gasteiger partial charge in [-0.25, -0.2) is 4.98 Å². The summed E-state index contributed by atoms with van der Waals surface area (Å²) in [6.45, 7) is 1.89. The number of hydrogen-bond acceptors (Lipinski definition) is 3. The second-order valence-electron chi connectivity index (χ2n) is 3.87. The van der Waals surface area contributed by atoms with Crippen molar-refractivity contribution >= 4 is 28.8 Å². The fourth-order valence-corrected chi connectivity index (χ4v) is 2.42. The van der Waals surface area contributed by atoms with Gasteiger partial charge in [-0.2, -0.15) is 0 Å². The van der Waals surface area contributed by atoms with E-state index in [2.05, 4.69) is 10.3 Å². The van der Waals surface area contributed by atoms with Gasteiger partial charge in [0.05, 0.1) is 6.04 Å². The molecule has 0 saturated heterocycles. The predicted octanol–water partition coefficient (Wildman–Crippen LogP) is 3.30. The zero-order valence-electron chi connectivity index (χ0n) is 9.84. The second kappa shape index (κ2) is 5.98. The van der Waals surface area contributed by atoms with E-state index in [0.29, 0.717) is 0 Å². The van der Waals surface area contributed by atoms with Gasteiger partial charge in [-0.05, 0) is 12.5 Å². The van der Waals surface area contributed by atoms with Crippen molar-refractivity contribution in [2.45, 2.75) is 18.3 Å². The van der Waals surface area contributed by atoms with Crippen LogP contribution in [0.15, 0.2) is 41.9 Å². The highest BCUT2D eigenvalue weighted by molar-refractivity contribution is 7.09. The van der Waals surface area contributed by atoms with Gasteiger partial charge in [0.2, 0.25) is 5.91 Å². The van der Waals surface area contributed by atoms with Crippen molar-refractivity contribution in [1.29, 1.82) is 0 Å². The van der Waals surface area contributed by atoms with E-state index in [1.807, 2.05) is 42.6 Å². The molecule has 5 heteroatoms. The number of amides is 1. The Labute approximate surface area is 115 Å². The molecule has 2 aromatic rings. The van der Waals surface area contributed by atoms with Crippen molar-refractivity contribution < 1.29 is 4.79 Å². The molecule has 0 aliphatic heterocycles. The number of alkyl halides is 1. The van der Waals surface area contributed by atoms with E-state index in [1.54, 1.807) is 6.20 Å². The van der Waals surface area contributed by atoms with Crippen LogP contribution in [-0.4, -0.2) is 10.9 Å². The molecule has 2 unspecified atom stereocenters. The summed E-state index contributed by atoms with van der Waals surface area (Å²) in [5.74, 6) is -0.203. The minimum atomic E-state index is -0.673. The number of benzene rings is 1. The topological polar surface area (TPSA) is 42.0 Å². The molecule has 3 nitrogen and oxygen atoms in total. The lowest BCUT2D eigenvalue weighted by Gasteiger charge is -2.14. The first-order valence-electron chi connectivity index (χ1n) is 5.57. The Hall–Kier alpha value is -1.39. The molecule has 0 bridgehead atoms. The fraction of sp³-hybridized carbons (Fsp3) is 0.231. The maximum atomic E-state index is 12.0. The van der Waals surface area contributed by atoms with Crippen molar-refractivity contribution in [3.63, 3.8) is 0 Å². The average Bonchev–Trinajstić information content (AvgIpc) is 2.92. The Morgan fingerprint density at radius 3 is 2.72 bits per heavy atom. The third-order valence-electron chi connectivity index (χ3n) is 2.50. The monoisotopic (exact) mass is 280 g/mol. The molecule has 0 aliphatic rings. The molecule has 1 aromatic carbocycles. The van der Waals surface area contributed by atoms with Crippen LogP contribution >= 0.6 is 22.9 Å². The zero-order valence-corrected chi connectivity index (χ0v) is 11.4. The fourth-order valence-electron chi connectivity index (χ4n) is 1.57. The molecule has 1 aromatic heterocycles. The standard InChI is InChI=1S/C13H13ClN2OS/c1-9(13-15-7-8-18-13)16-12(17)11(14)10-5-3-2-4-6-10/h2-9,11H,1H3,(H,16,17). The number of halogens is 1. The van der Waals surface area contributed by atoms with Gasteiger partial charge in [-0.1, -0.05) is 30.3 Å². The van der Waals surface area contributed by atoms with Gasteiger partial charge >= 0.3 is 0 Å². The summed E-state index contributed by atoms with van der Waals surface area (Å²) in [4.78, 5) is 16.1. The van der Waals surface area contributed by atoms with Crippen molar-refractivity contribution in [2.24, 2.45) is 0 Å². The summed E-state index contributed by atoms with van der Waals surface area (Å²) >= 11 is 7.64. The van der Waals surface area contributed by atoms with Gasteiger partial charge in [-0.3, -0.25) is 4.79 Å². The Bertz CT molecular complexity index is 501. The normalized spacial score (nSPS) is 13.9. The summed E-state index contributed by atoms with van der Waals surface area (Å²) < 4.78 is 0. The van der Waals surface area contributed by atoms with Crippen molar-refractivity contribution in [1.82, 2.24) is 10.3 Å². The van der Waals surface area contributed by atoms with Crippen molar-refractivity contribution in [3.8, 4) is 0 Å². The zero-order chi connectivity index (χ0) is 13.0. The molecule has 2 atom stereocenters. The number of nitrogens with one attached hydrogen (secondary N) is 1. The summed E-state index contributed by atoms with van der Waals surface area (Å²) in [5, 5.41) is 4.94. The molecule has 1 amide bonds. The van der Waals surface area contributed by atoms with Crippen LogP contribution in [0, 0.1) is 0 Å². The summed E-state index contributed by atoms with van der Waals surface area (Å²) in [6, 6.07) is 9.17. The summed E-state index contributed by atoms with van der Waals surface area (Å²) in [6.07, 6.45) is 1.72. The SMILES string of the molecule is CC(NC(=O)C(Cl)c1ccccc1)c1nccs1. The van der Waals surface area contributed by atoms with Gasteiger partial charge in [0, 0.05) is 11.6 Å². The van der Waals surface area contributed by atoms with E-state index < -0.39 is 5.38 Å². The first kappa shape index (κ1) is 13.1. The maximum absolute atomic E-state index is 12.0. The second-order valence-corrected chi connectivity index (χ2v) is 5.24. The molecular weight excluding hydrogens is 268 g/mol. The van der Waals surface area contributed by atoms with Crippen LogP contribution in [0.25, 0.3) is 0 Å². The minimum Gasteiger partial charge on any atom is -0.346 e. The summed E-state index contributed by atoms with van der Waals surface area (Å²) in [7, 11) is 0. The lowest BCUT2D eigenvalue weighted by atomic mass is 10.1. The van der Waals surface area contributed by atoms with E-state index in [-0.39, 0.29) is 11.9 Å². The average molecular weight is 281 g/mol. The highest BCUT2D eigenvalue weighted by Gasteiger charge is 2.20. The lowest BCUT2D eigenvalue weighted by Crippen LogP contribution is -2.29. The third-order valence-corrected chi connectivity index (χ3v) is 3.91. The number of nitrogens with zero attached hydrogens (tertiary/aromatic N) is 1. The Morgan fingerprint density at radius 1 is 1.39 bits per heavy atom. The molecule has 18 heavy (non-hydrogen) atoms. The molecule has 1 heterocycles. The number of carbonyl (C=O) groups is 1. The third kappa shape index (κ3) is 3.09. The molecule has 94 valence electrons. The molecule has 0 radical (unpaired) electrons. The van der Waals surface area contributed by atoms with Gasteiger partial charge in [0.15, 0.2) is 0 Å². The van der Waals surface area contributed by atoms with Gasteiger partial charge in [0.1, 0.15) is 10.4 Å². The lowest BCUT2D eigenvalue weighted by molar-refractivity contribution is -0.121. The Kier molecular flexibility index (Phi) is 4.33. The molecule has 0 saturated carbocycles. The minimum absolute atomic E-state index is 0.123. The van der Waals surface area contributed by atoms with Crippen LogP contribution in [0.2, 0.25) is 0 Å². The first-order chi connectivity index (χ1) is 8.68. The van der Waals surface area contributed by atoms with E-state index in [1.165, 1.54) is 11.3 Å².